The summed E-state index contributed by atoms with van der Waals surface area (Å²) in [5.74, 6) is 1.48. The minimum absolute atomic E-state index is 0.0904. The number of nitrogens with one attached hydrogen (secondary N) is 1. The lowest BCUT2D eigenvalue weighted by molar-refractivity contribution is -0.115. The number of likely N-dealkylation sites (N-methyl/N-ethyl adjacent to an activating group) is 1. The van der Waals surface area contributed by atoms with Crippen LogP contribution in [0, 0.1) is 0 Å². The van der Waals surface area contributed by atoms with Gasteiger partial charge in [-0.2, -0.15) is 0 Å². The zero-order valence-corrected chi connectivity index (χ0v) is 12.9. The van der Waals surface area contributed by atoms with E-state index < -0.39 is 0 Å². The number of benzene rings is 1. The topological polar surface area (TPSA) is 58.1 Å². The number of hydrogen-bond donors (Lipinski definition) is 1. The van der Waals surface area contributed by atoms with E-state index in [0.717, 1.165) is 10.2 Å². The fraction of sp³-hybridized carbons (Fsp3) is 0.214. The largest absolute Gasteiger partial charge is 0.352 e. The second-order valence-electron chi connectivity index (χ2n) is 4.45. The molecule has 0 unspecified atom stereocenters. The van der Waals surface area contributed by atoms with Crippen LogP contribution in [0.25, 0.3) is 0 Å². The summed E-state index contributed by atoms with van der Waals surface area (Å²) in [4.78, 5) is 21.3. The molecule has 2 aromatic rings. The summed E-state index contributed by atoms with van der Waals surface area (Å²) < 4.78 is 0.991. The Labute approximate surface area is 126 Å². The van der Waals surface area contributed by atoms with E-state index >= 15 is 0 Å². The van der Waals surface area contributed by atoms with Crippen LogP contribution in [-0.2, 0) is 4.79 Å². The first-order valence-electron chi connectivity index (χ1n) is 6.10. The molecule has 0 radical (unpaired) electrons. The van der Waals surface area contributed by atoms with Gasteiger partial charge in [0.25, 0.3) is 0 Å². The Morgan fingerprint density at radius 3 is 2.85 bits per heavy atom. The van der Waals surface area contributed by atoms with Gasteiger partial charge in [0.15, 0.2) is 0 Å². The highest BCUT2D eigenvalue weighted by Crippen LogP contribution is 2.20. The van der Waals surface area contributed by atoms with Gasteiger partial charge in [0.05, 0.1) is 6.54 Å². The fourth-order valence-corrected chi connectivity index (χ4v) is 2.15. The SMILES string of the molecule is CC(=O)CN(C)c1cc(Nc2cccc(Br)c2)ncn1. The van der Waals surface area contributed by atoms with Crippen LogP contribution in [0.3, 0.4) is 0 Å². The average Bonchev–Trinajstić information content (AvgIpc) is 2.38. The molecular weight excluding hydrogens is 320 g/mol. The second-order valence-corrected chi connectivity index (χ2v) is 5.37. The number of rotatable bonds is 5. The molecule has 1 aromatic heterocycles. The third kappa shape index (κ3) is 4.03. The standard InChI is InChI=1S/C14H15BrN4O/c1-10(20)8-19(2)14-7-13(16-9-17-14)18-12-5-3-4-11(15)6-12/h3-7,9H,8H2,1-2H3,(H,16,17,18). The Morgan fingerprint density at radius 2 is 2.15 bits per heavy atom. The third-order valence-corrected chi connectivity index (χ3v) is 3.09. The average molecular weight is 335 g/mol. The Bertz CT molecular complexity index is 618. The summed E-state index contributed by atoms with van der Waals surface area (Å²) in [6.07, 6.45) is 1.48. The molecule has 104 valence electrons. The number of anilines is 3. The summed E-state index contributed by atoms with van der Waals surface area (Å²) in [6, 6.07) is 9.62. The molecule has 2 rings (SSSR count). The van der Waals surface area contributed by atoms with Gasteiger partial charge in [-0.1, -0.05) is 22.0 Å². The lowest BCUT2D eigenvalue weighted by atomic mass is 10.3. The molecule has 1 heterocycles. The lowest BCUT2D eigenvalue weighted by Crippen LogP contribution is -2.24. The fourth-order valence-electron chi connectivity index (χ4n) is 1.75. The number of aromatic nitrogens is 2. The predicted molar refractivity (Wildman–Crippen MR) is 83.4 cm³/mol. The van der Waals surface area contributed by atoms with Gasteiger partial charge >= 0.3 is 0 Å². The van der Waals surface area contributed by atoms with Crippen molar-refractivity contribution in [2.24, 2.45) is 0 Å². The minimum atomic E-state index is 0.0904. The van der Waals surface area contributed by atoms with E-state index in [2.05, 4.69) is 31.2 Å². The molecule has 0 aliphatic heterocycles. The molecule has 0 fully saturated rings. The van der Waals surface area contributed by atoms with Gasteiger partial charge in [-0.3, -0.25) is 4.79 Å². The first-order valence-corrected chi connectivity index (χ1v) is 6.89. The van der Waals surface area contributed by atoms with Gasteiger partial charge in [0.2, 0.25) is 0 Å². The normalized spacial score (nSPS) is 10.2. The Kier molecular flexibility index (Phi) is 4.68. The molecule has 0 saturated carbocycles. The predicted octanol–water partition coefficient (Wildman–Crippen LogP) is 3.01. The van der Waals surface area contributed by atoms with Crippen molar-refractivity contribution in [3.05, 3.63) is 41.1 Å². The Balaban J connectivity index is 2.15. The van der Waals surface area contributed by atoms with E-state index in [4.69, 9.17) is 0 Å². The highest BCUT2D eigenvalue weighted by molar-refractivity contribution is 9.10. The number of carbonyl (C=O) groups is 1. The van der Waals surface area contributed by atoms with E-state index in [1.54, 1.807) is 11.8 Å². The molecule has 0 amide bonds. The van der Waals surface area contributed by atoms with Gasteiger partial charge in [0, 0.05) is 23.3 Å². The van der Waals surface area contributed by atoms with Crippen LogP contribution in [0.4, 0.5) is 17.3 Å². The molecule has 6 heteroatoms. The van der Waals surface area contributed by atoms with E-state index in [0.29, 0.717) is 18.2 Å². The van der Waals surface area contributed by atoms with Gasteiger partial charge in [-0.15, -0.1) is 0 Å². The molecule has 20 heavy (non-hydrogen) atoms. The summed E-state index contributed by atoms with van der Waals surface area (Å²) in [5, 5.41) is 3.20. The Morgan fingerprint density at radius 1 is 1.35 bits per heavy atom. The summed E-state index contributed by atoms with van der Waals surface area (Å²) in [7, 11) is 1.83. The number of carbonyl (C=O) groups excluding carboxylic acids is 1. The third-order valence-electron chi connectivity index (χ3n) is 2.60. The van der Waals surface area contributed by atoms with E-state index in [1.165, 1.54) is 6.33 Å². The zero-order chi connectivity index (χ0) is 14.5. The van der Waals surface area contributed by atoms with Crippen molar-refractivity contribution < 1.29 is 4.79 Å². The molecule has 1 aromatic carbocycles. The van der Waals surface area contributed by atoms with Crippen LogP contribution in [-0.4, -0.2) is 29.3 Å². The van der Waals surface area contributed by atoms with E-state index in [9.17, 15) is 4.79 Å². The van der Waals surface area contributed by atoms with Gasteiger partial charge in [-0.05, 0) is 25.1 Å². The molecule has 0 aliphatic carbocycles. The molecular formula is C14H15BrN4O. The van der Waals surface area contributed by atoms with Crippen LogP contribution in [0.1, 0.15) is 6.92 Å². The van der Waals surface area contributed by atoms with Crippen molar-refractivity contribution >= 4 is 39.0 Å². The maximum absolute atomic E-state index is 11.1. The minimum Gasteiger partial charge on any atom is -0.352 e. The highest BCUT2D eigenvalue weighted by atomic mass is 79.9. The van der Waals surface area contributed by atoms with Crippen molar-refractivity contribution in [1.82, 2.24) is 9.97 Å². The van der Waals surface area contributed by atoms with E-state index in [1.807, 2.05) is 37.4 Å². The van der Waals surface area contributed by atoms with Crippen molar-refractivity contribution in [3.8, 4) is 0 Å². The van der Waals surface area contributed by atoms with E-state index in [-0.39, 0.29) is 5.78 Å². The first-order chi connectivity index (χ1) is 9.54. The Hall–Kier alpha value is -1.95. The van der Waals surface area contributed by atoms with Crippen molar-refractivity contribution in [2.75, 3.05) is 23.8 Å². The van der Waals surface area contributed by atoms with Crippen molar-refractivity contribution in [3.63, 3.8) is 0 Å². The zero-order valence-electron chi connectivity index (χ0n) is 11.3. The quantitative estimate of drug-likeness (QED) is 0.910. The second kappa shape index (κ2) is 6.47. The first kappa shape index (κ1) is 14.5. The lowest BCUT2D eigenvalue weighted by Gasteiger charge is -2.16. The number of ketones is 1. The van der Waals surface area contributed by atoms with Gasteiger partial charge in [0.1, 0.15) is 23.7 Å². The van der Waals surface area contributed by atoms with Crippen LogP contribution < -0.4 is 10.2 Å². The van der Waals surface area contributed by atoms with Gasteiger partial charge in [-0.25, -0.2) is 9.97 Å². The van der Waals surface area contributed by atoms with Crippen LogP contribution >= 0.6 is 15.9 Å². The number of halogens is 1. The number of hydrogen-bond acceptors (Lipinski definition) is 5. The highest BCUT2D eigenvalue weighted by Gasteiger charge is 2.06. The maximum Gasteiger partial charge on any atom is 0.149 e. The van der Waals surface area contributed by atoms with Crippen LogP contribution in [0.2, 0.25) is 0 Å². The van der Waals surface area contributed by atoms with Crippen molar-refractivity contribution in [1.29, 1.82) is 0 Å². The molecule has 5 nitrogen and oxygen atoms in total. The number of Topliss-reactive ketones (excluding diaryl/α,β-unsaturated/α-hetero) is 1. The molecule has 0 spiro atoms. The maximum atomic E-state index is 11.1. The molecule has 0 atom stereocenters. The smallest absolute Gasteiger partial charge is 0.149 e. The summed E-state index contributed by atoms with van der Waals surface area (Å²) in [6.45, 7) is 1.88. The van der Waals surface area contributed by atoms with Gasteiger partial charge < -0.3 is 10.2 Å². The monoisotopic (exact) mass is 334 g/mol. The summed E-state index contributed by atoms with van der Waals surface area (Å²) >= 11 is 3.42. The molecule has 0 saturated heterocycles. The van der Waals surface area contributed by atoms with Crippen molar-refractivity contribution in [2.45, 2.75) is 6.92 Å². The van der Waals surface area contributed by atoms with Crippen LogP contribution in [0.5, 0.6) is 0 Å². The summed E-state index contributed by atoms with van der Waals surface area (Å²) in [5.41, 5.74) is 0.929. The number of nitrogens with zero attached hydrogens (tertiary/aromatic N) is 3. The molecule has 0 aliphatic rings. The molecule has 0 bridgehead atoms. The molecule has 1 N–H and O–H groups in total. The van der Waals surface area contributed by atoms with Crippen LogP contribution in [0.15, 0.2) is 41.1 Å².